The molecular formula is C20H31N3O. The van der Waals surface area contributed by atoms with Crippen molar-refractivity contribution in [1.82, 2.24) is 10.2 Å². The maximum atomic E-state index is 12.7. The molecule has 1 amide bonds. The molecule has 4 nitrogen and oxygen atoms in total. The average molecular weight is 329 g/mol. The number of likely N-dealkylation sites (tertiary alicyclic amines) is 1. The van der Waals surface area contributed by atoms with Gasteiger partial charge < -0.3 is 11.1 Å². The number of hydrogen-bond donors (Lipinski definition) is 2. The summed E-state index contributed by atoms with van der Waals surface area (Å²) in [7, 11) is 0. The molecule has 0 unspecified atom stereocenters. The molecule has 1 saturated heterocycles. The van der Waals surface area contributed by atoms with Crippen molar-refractivity contribution in [1.29, 1.82) is 0 Å². The molecular weight excluding hydrogens is 298 g/mol. The first-order valence-corrected chi connectivity index (χ1v) is 9.50. The predicted octanol–water partition coefficient (Wildman–Crippen LogP) is 3.50. The SMILES string of the molecule is Cc1ccc(N)cc1C(=O)NCC1(N2CCCCC2)CCCCC1. The lowest BCUT2D eigenvalue weighted by Crippen LogP contribution is -2.58. The molecule has 2 fully saturated rings. The first-order valence-electron chi connectivity index (χ1n) is 9.50. The van der Waals surface area contributed by atoms with Crippen LogP contribution >= 0.6 is 0 Å². The van der Waals surface area contributed by atoms with Crippen LogP contribution in [0.3, 0.4) is 0 Å². The van der Waals surface area contributed by atoms with E-state index in [1.54, 1.807) is 6.07 Å². The lowest BCUT2D eigenvalue weighted by atomic mass is 9.79. The number of hydrogen-bond acceptors (Lipinski definition) is 3. The van der Waals surface area contributed by atoms with Gasteiger partial charge in [0, 0.05) is 23.3 Å². The van der Waals surface area contributed by atoms with E-state index >= 15 is 0 Å². The summed E-state index contributed by atoms with van der Waals surface area (Å²) in [6, 6.07) is 5.56. The highest BCUT2D eigenvalue weighted by Crippen LogP contribution is 2.35. The summed E-state index contributed by atoms with van der Waals surface area (Å²) >= 11 is 0. The van der Waals surface area contributed by atoms with E-state index in [-0.39, 0.29) is 11.4 Å². The largest absolute Gasteiger partial charge is 0.399 e. The van der Waals surface area contributed by atoms with E-state index in [2.05, 4.69) is 10.2 Å². The fourth-order valence-electron chi connectivity index (χ4n) is 4.41. The van der Waals surface area contributed by atoms with E-state index in [0.717, 1.165) is 12.1 Å². The summed E-state index contributed by atoms with van der Waals surface area (Å²) in [5, 5.41) is 3.24. The van der Waals surface area contributed by atoms with Gasteiger partial charge in [-0.15, -0.1) is 0 Å². The second kappa shape index (κ2) is 7.56. The summed E-state index contributed by atoms with van der Waals surface area (Å²) in [5.41, 5.74) is 8.37. The van der Waals surface area contributed by atoms with Crippen molar-refractivity contribution < 1.29 is 4.79 Å². The Hall–Kier alpha value is -1.55. The Morgan fingerprint density at radius 3 is 2.50 bits per heavy atom. The molecule has 4 heteroatoms. The molecule has 0 radical (unpaired) electrons. The minimum absolute atomic E-state index is 0.0155. The maximum Gasteiger partial charge on any atom is 0.251 e. The van der Waals surface area contributed by atoms with E-state index in [1.165, 1.54) is 64.5 Å². The van der Waals surface area contributed by atoms with Gasteiger partial charge in [-0.2, -0.15) is 0 Å². The van der Waals surface area contributed by atoms with Crippen molar-refractivity contribution in [2.45, 2.75) is 63.8 Å². The zero-order valence-electron chi connectivity index (χ0n) is 14.9. The van der Waals surface area contributed by atoms with Gasteiger partial charge in [0.2, 0.25) is 0 Å². The Morgan fingerprint density at radius 1 is 1.12 bits per heavy atom. The van der Waals surface area contributed by atoms with Crippen LogP contribution in [0.15, 0.2) is 18.2 Å². The van der Waals surface area contributed by atoms with E-state index in [4.69, 9.17) is 5.73 Å². The van der Waals surface area contributed by atoms with Crippen LogP contribution in [-0.2, 0) is 0 Å². The predicted molar refractivity (Wildman–Crippen MR) is 99.2 cm³/mol. The number of aryl methyl sites for hydroxylation is 1. The fourth-order valence-corrected chi connectivity index (χ4v) is 4.41. The molecule has 0 spiro atoms. The molecule has 132 valence electrons. The number of carbonyl (C=O) groups excluding carboxylic acids is 1. The summed E-state index contributed by atoms with van der Waals surface area (Å²) in [5.74, 6) is 0.0155. The Balaban J connectivity index is 1.71. The van der Waals surface area contributed by atoms with E-state index in [0.29, 0.717) is 11.3 Å². The van der Waals surface area contributed by atoms with E-state index in [1.807, 2.05) is 19.1 Å². The van der Waals surface area contributed by atoms with Gasteiger partial charge in [-0.25, -0.2) is 0 Å². The zero-order chi connectivity index (χ0) is 17.0. The van der Waals surface area contributed by atoms with Crippen molar-refractivity contribution >= 4 is 11.6 Å². The minimum Gasteiger partial charge on any atom is -0.399 e. The van der Waals surface area contributed by atoms with Crippen LogP contribution in [0.1, 0.15) is 67.3 Å². The Labute approximate surface area is 145 Å². The van der Waals surface area contributed by atoms with Crippen LogP contribution in [0.5, 0.6) is 0 Å². The van der Waals surface area contributed by atoms with Crippen molar-refractivity contribution in [3.63, 3.8) is 0 Å². The van der Waals surface area contributed by atoms with Crippen molar-refractivity contribution in [3.05, 3.63) is 29.3 Å². The molecule has 3 rings (SSSR count). The molecule has 3 N–H and O–H groups in total. The number of anilines is 1. The molecule has 0 aromatic heterocycles. The highest BCUT2D eigenvalue weighted by atomic mass is 16.1. The minimum atomic E-state index is 0.0155. The third kappa shape index (κ3) is 3.75. The van der Waals surface area contributed by atoms with Gasteiger partial charge in [-0.3, -0.25) is 9.69 Å². The number of nitrogens with two attached hydrogens (primary N) is 1. The Kier molecular flexibility index (Phi) is 5.44. The van der Waals surface area contributed by atoms with Crippen LogP contribution in [0.25, 0.3) is 0 Å². The van der Waals surface area contributed by atoms with Crippen LogP contribution in [0.2, 0.25) is 0 Å². The van der Waals surface area contributed by atoms with Gasteiger partial charge in [0.05, 0.1) is 0 Å². The molecule has 1 saturated carbocycles. The number of nitrogen functional groups attached to an aromatic ring is 1. The monoisotopic (exact) mass is 329 g/mol. The van der Waals surface area contributed by atoms with Crippen LogP contribution in [0, 0.1) is 6.92 Å². The number of nitrogens with zero attached hydrogens (tertiary/aromatic N) is 1. The molecule has 1 aliphatic carbocycles. The summed E-state index contributed by atoms with van der Waals surface area (Å²) in [6.45, 7) is 5.11. The van der Waals surface area contributed by atoms with Gasteiger partial charge in [-0.1, -0.05) is 31.7 Å². The van der Waals surface area contributed by atoms with Crippen LogP contribution < -0.4 is 11.1 Å². The van der Waals surface area contributed by atoms with Gasteiger partial charge in [0.25, 0.3) is 5.91 Å². The smallest absolute Gasteiger partial charge is 0.251 e. The number of benzene rings is 1. The molecule has 1 aromatic carbocycles. The molecule has 2 aliphatic rings. The molecule has 1 aliphatic heterocycles. The summed E-state index contributed by atoms with van der Waals surface area (Å²) in [4.78, 5) is 15.4. The lowest BCUT2D eigenvalue weighted by Gasteiger charge is -2.48. The highest BCUT2D eigenvalue weighted by molar-refractivity contribution is 5.96. The average Bonchev–Trinajstić information content (AvgIpc) is 2.63. The molecule has 0 atom stereocenters. The summed E-state index contributed by atoms with van der Waals surface area (Å²) < 4.78 is 0. The maximum absolute atomic E-state index is 12.7. The first kappa shape index (κ1) is 17.3. The van der Waals surface area contributed by atoms with E-state index in [9.17, 15) is 4.79 Å². The number of rotatable bonds is 4. The fraction of sp³-hybridized carbons (Fsp3) is 0.650. The highest BCUT2D eigenvalue weighted by Gasteiger charge is 2.38. The third-order valence-electron chi connectivity index (χ3n) is 5.90. The molecule has 1 heterocycles. The van der Waals surface area contributed by atoms with Crippen LogP contribution in [-0.4, -0.2) is 36.0 Å². The standard InChI is InChI=1S/C20H31N3O/c1-16-8-9-17(21)14-18(16)19(24)22-15-20(10-4-2-5-11-20)23-12-6-3-7-13-23/h8-9,14H,2-7,10-13,15,21H2,1H3,(H,22,24). The van der Waals surface area contributed by atoms with Gasteiger partial charge in [0.1, 0.15) is 0 Å². The van der Waals surface area contributed by atoms with Gasteiger partial charge in [0.15, 0.2) is 0 Å². The van der Waals surface area contributed by atoms with Crippen molar-refractivity contribution in [3.8, 4) is 0 Å². The van der Waals surface area contributed by atoms with Gasteiger partial charge in [-0.05, 0) is 63.4 Å². The number of amides is 1. The first-order chi connectivity index (χ1) is 11.6. The second-order valence-corrected chi connectivity index (χ2v) is 7.59. The quantitative estimate of drug-likeness (QED) is 0.831. The number of nitrogens with one attached hydrogen (secondary N) is 1. The Morgan fingerprint density at radius 2 is 1.79 bits per heavy atom. The van der Waals surface area contributed by atoms with Crippen molar-refractivity contribution in [2.24, 2.45) is 0 Å². The molecule has 24 heavy (non-hydrogen) atoms. The molecule has 1 aromatic rings. The third-order valence-corrected chi connectivity index (χ3v) is 5.90. The van der Waals surface area contributed by atoms with E-state index < -0.39 is 0 Å². The zero-order valence-corrected chi connectivity index (χ0v) is 14.9. The lowest BCUT2D eigenvalue weighted by molar-refractivity contribution is 0.0326. The number of carbonyl (C=O) groups is 1. The van der Waals surface area contributed by atoms with Gasteiger partial charge >= 0.3 is 0 Å². The van der Waals surface area contributed by atoms with Crippen LogP contribution in [0.4, 0.5) is 5.69 Å². The van der Waals surface area contributed by atoms with Crippen molar-refractivity contribution in [2.75, 3.05) is 25.4 Å². The Bertz CT molecular complexity index is 572. The normalized spacial score (nSPS) is 21.4. The number of piperidine rings is 1. The summed E-state index contributed by atoms with van der Waals surface area (Å²) in [6.07, 6.45) is 10.3. The molecule has 0 bridgehead atoms. The second-order valence-electron chi connectivity index (χ2n) is 7.59. The topological polar surface area (TPSA) is 58.4 Å².